The summed E-state index contributed by atoms with van der Waals surface area (Å²) in [5.74, 6) is 0.266. The predicted octanol–water partition coefficient (Wildman–Crippen LogP) is 2.20. The fourth-order valence-corrected chi connectivity index (χ4v) is 5.17. The van der Waals surface area contributed by atoms with Crippen LogP contribution in [0.1, 0.15) is 19.3 Å². The van der Waals surface area contributed by atoms with Crippen LogP contribution in [0.15, 0.2) is 33.6 Å². The van der Waals surface area contributed by atoms with E-state index in [1.54, 1.807) is 31.3 Å². The first-order chi connectivity index (χ1) is 8.98. The van der Waals surface area contributed by atoms with Crippen LogP contribution in [0.25, 0.3) is 0 Å². The Bertz CT molecular complexity index is 547. The summed E-state index contributed by atoms with van der Waals surface area (Å²) in [6.45, 7) is 0.542. The molecule has 2 atom stereocenters. The van der Waals surface area contributed by atoms with Crippen LogP contribution in [-0.2, 0) is 10.0 Å². The van der Waals surface area contributed by atoms with E-state index in [0.29, 0.717) is 15.9 Å². The van der Waals surface area contributed by atoms with Crippen molar-refractivity contribution < 1.29 is 8.42 Å². The fraction of sp³-hybridized carbons (Fsp3) is 0.538. The van der Waals surface area contributed by atoms with E-state index in [9.17, 15) is 8.42 Å². The van der Waals surface area contributed by atoms with Crippen LogP contribution in [0.5, 0.6) is 0 Å². The zero-order valence-corrected chi connectivity index (χ0v) is 13.3. The summed E-state index contributed by atoms with van der Waals surface area (Å²) in [6, 6.07) is 6.93. The minimum Gasteiger partial charge on any atom is -0.330 e. The maximum atomic E-state index is 12.7. The molecule has 0 radical (unpaired) electrons. The first kappa shape index (κ1) is 15.0. The molecule has 2 N–H and O–H groups in total. The summed E-state index contributed by atoms with van der Waals surface area (Å²) < 4.78 is 27.4. The van der Waals surface area contributed by atoms with Gasteiger partial charge in [-0.3, -0.25) is 0 Å². The van der Waals surface area contributed by atoms with E-state index < -0.39 is 10.0 Å². The standard InChI is InChI=1S/C13H19BrN2O2S/c1-16(12-7-4-5-10(12)9-15)19(17,18)13-8-3-2-6-11(13)14/h2-3,6,8,10,12H,4-5,7,9,15H2,1H3. The maximum Gasteiger partial charge on any atom is 0.244 e. The summed E-state index contributed by atoms with van der Waals surface area (Å²) in [5.41, 5.74) is 5.74. The first-order valence-electron chi connectivity index (χ1n) is 6.41. The van der Waals surface area contributed by atoms with Crippen molar-refractivity contribution in [2.75, 3.05) is 13.6 Å². The maximum absolute atomic E-state index is 12.7. The molecule has 19 heavy (non-hydrogen) atoms. The van der Waals surface area contributed by atoms with E-state index in [0.717, 1.165) is 19.3 Å². The Morgan fingerprint density at radius 1 is 1.37 bits per heavy atom. The molecule has 0 amide bonds. The summed E-state index contributed by atoms with van der Waals surface area (Å²) in [4.78, 5) is 0.320. The molecular formula is C13H19BrN2O2S. The second kappa shape index (κ2) is 5.91. The van der Waals surface area contributed by atoms with Crippen LogP contribution < -0.4 is 5.73 Å². The van der Waals surface area contributed by atoms with Gasteiger partial charge in [0.25, 0.3) is 0 Å². The third-order valence-corrected chi connectivity index (χ3v) is 6.78. The molecule has 0 aliphatic heterocycles. The number of hydrogen-bond donors (Lipinski definition) is 1. The number of hydrogen-bond acceptors (Lipinski definition) is 3. The molecule has 0 aromatic heterocycles. The molecule has 1 aliphatic rings. The average molecular weight is 347 g/mol. The Labute approximate surface area is 123 Å². The highest BCUT2D eigenvalue weighted by Crippen LogP contribution is 2.33. The van der Waals surface area contributed by atoms with Gasteiger partial charge in [0.15, 0.2) is 0 Å². The lowest BCUT2D eigenvalue weighted by Crippen LogP contribution is -2.41. The Morgan fingerprint density at radius 3 is 2.68 bits per heavy atom. The Kier molecular flexibility index (Phi) is 4.66. The topological polar surface area (TPSA) is 63.4 Å². The van der Waals surface area contributed by atoms with Crippen LogP contribution in [0.2, 0.25) is 0 Å². The van der Waals surface area contributed by atoms with E-state index in [2.05, 4.69) is 15.9 Å². The molecule has 1 aromatic carbocycles. The molecule has 2 unspecified atom stereocenters. The Hall–Kier alpha value is -0.430. The van der Waals surface area contributed by atoms with Gasteiger partial charge in [-0.15, -0.1) is 0 Å². The summed E-state index contributed by atoms with van der Waals surface area (Å²) >= 11 is 3.31. The zero-order chi connectivity index (χ0) is 14.0. The van der Waals surface area contributed by atoms with Crippen molar-refractivity contribution in [1.29, 1.82) is 0 Å². The van der Waals surface area contributed by atoms with Crippen molar-refractivity contribution in [3.05, 3.63) is 28.7 Å². The normalized spacial score (nSPS) is 24.0. The first-order valence-corrected chi connectivity index (χ1v) is 8.64. The predicted molar refractivity (Wildman–Crippen MR) is 79.3 cm³/mol. The lowest BCUT2D eigenvalue weighted by Gasteiger charge is -2.28. The van der Waals surface area contributed by atoms with Gasteiger partial charge in [-0.2, -0.15) is 4.31 Å². The summed E-state index contributed by atoms with van der Waals surface area (Å²) in [7, 11) is -1.81. The van der Waals surface area contributed by atoms with E-state index in [1.165, 1.54) is 4.31 Å². The van der Waals surface area contributed by atoms with Crippen LogP contribution in [-0.4, -0.2) is 32.4 Å². The monoisotopic (exact) mass is 346 g/mol. The number of rotatable bonds is 4. The van der Waals surface area contributed by atoms with Gasteiger partial charge in [0, 0.05) is 17.6 Å². The Morgan fingerprint density at radius 2 is 2.05 bits per heavy atom. The molecule has 0 heterocycles. The van der Waals surface area contributed by atoms with Crippen molar-refractivity contribution in [3.63, 3.8) is 0 Å². The number of benzene rings is 1. The van der Waals surface area contributed by atoms with Gasteiger partial charge in [0.2, 0.25) is 10.0 Å². The van der Waals surface area contributed by atoms with Crippen molar-refractivity contribution in [3.8, 4) is 0 Å². The molecule has 1 saturated carbocycles. The highest BCUT2D eigenvalue weighted by Gasteiger charge is 2.36. The smallest absolute Gasteiger partial charge is 0.244 e. The molecule has 1 aromatic rings. The van der Waals surface area contributed by atoms with Crippen molar-refractivity contribution in [2.24, 2.45) is 11.7 Å². The van der Waals surface area contributed by atoms with Gasteiger partial charge in [0.05, 0.1) is 4.90 Å². The molecular weight excluding hydrogens is 328 g/mol. The minimum absolute atomic E-state index is 0.0158. The quantitative estimate of drug-likeness (QED) is 0.908. The van der Waals surface area contributed by atoms with Crippen molar-refractivity contribution in [2.45, 2.75) is 30.2 Å². The van der Waals surface area contributed by atoms with Gasteiger partial charge in [-0.1, -0.05) is 18.6 Å². The number of halogens is 1. The van der Waals surface area contributed by atoms with Crippen LogP contribution >= 0.6 is 15.9 Å². The molecule has 106 valence electrons. The second-order valence-electron chi connectivity index (χ2n) is 4.95. The Balaban J connectivity index is 2.32. The zero-order valence-electron chi connectivity index (χ0n) is 10.9. The fourth-order valence-electron chi connectivity index (χ4n) is 2.76. The largest absolute Gasteiger partial charge is 0.330 e. The van der Waals surface area contributed by atoms with Crippen molar-refractivity contribution >= 4 is 26.0 Å². The highest BCUT2D eigenvalue weighted by atomic mass is 79.9. The summed E-state index contributed by atoms with van der Waals surface area (Å²) in [5, 5.41) is 0. The van der Waals surface area contributed by atoms with E-state index >= 15 is 0 Å². The number of nitrogens with zero attached hydrogens (tertiary/aromatic N) is 1. The van der Waals surface area contributed by atoms with E-state index in [4.69, 9.17) is 5.73 Å². The molecule has 4 nitrogen and oxygen atoms in total. The lowest BCUT2D eigenvalue weighted by atomic mass is 10.0. The van der Waals surface area contributed by atoms with Gasteiger partial charge in [0.1, 0.15) is 0 Å². The molecule has 0 bridgehead atoms. The summed E-state index contributed by atoms with van der Waals surface area (Å²) in [6.07, 6.45) is 2.95. The van der Waals surface area contributed by atoms with Gasteiger partial charge >= 0.3 is 0 Å². The molecule has 2 rings (SSSR count). The third kappa shape index (κ3) is 2.86. The van der Waals surface area contributed by atoms with Crippen molar-refractivity contribution in [1.82, 2.24) is 4.31 Å². The lowest BCUT2D eigenvalue weighted by molar-refractivity contribution is 0.304. The van der Waals surface area contributed by atoms with Gasteiger partial charge < -0.3 is 5.73 Å². The number of sulfonamides is 1. The minimum atomic E-state index is -3.47. The third-order valence-electron chi connectivity index (χ3n) is 3.88. The molecule has 0 spiro atoms. The van der Waals surface area contributed by atoms with E-state index in [-0.39, 0.29) is 12.0 Å². The SMILES string of the molecule is CN(C1CCCC1CN)S(=O)(=O)c1ccccc1Br. The van der Waals surface area contributed by atoms with Gasteiger partial charge in [-0.05, 0) is 53.4 Å². The molecule has 6 heteroatoms. The van der Waals surface area contributed by atoms with Gasteiger partial charge in [-0.25, -0.2) is 8.42 Å². The van der Waals surface area contributed by atoms with Crippen LogP contribution in [0, 0.1) is 5.92 Å². The van der Waals surface area contributed by atoms with E-state index in [1.807, 2.05) is 0 Å². The molecule has 0 saturated heterocycles. The average Bonchev–Trinajstić information content (AvgIpc) is 2.86. The highest BCUT2D eigenvalue weighted by molar-refractivity contribution is 9.10. The molecule has 1 fully saturated rings. The van der Waals surface area contributed by atoms with Crippen LogP contribution in [0.4, 0.5) is 0 Å². The second-order valence-corrected chi connectivity index (χ2v) is 7.77. The number of nitrogens with two attached hydrogens (primary N) is 1. The van der Waals surface area contributed by atoms with Crippen LogP contribution in [0.3, 0.4) is 0 Å². The molecule has 1 aliphatic carbocycles.